The van der Waals surface area contributed by atoms with Crippen molar-refractivity contribution in [3.8, 4) is 0 Å². The van der Waals surface area contributed by atoms with Crippen molar-refractivity contribution in [3.05, 3.63) is 47.5 Å². The molecular formula is C31H56N+. The molecule has 32 heavy (non-hydrogen) atoms. The summed E-state index contributed by atoms with van der Waals surface area (Å²) in [5, 5.41) is 0. The van der Waals surface area contributed by atoms with Crippen LogP contribution in [0.2, 0.25) is 0 Å². The summed E-state index contributed by atoms with van der Waals surface area (Å²) >= 11 is 0. The third-order valence-corrected chi connectivity index (χ3v) is 6.52. The Labute approximate surface area is 202 Å². The number of rotatable bonds is 21. The third kappa shape index (κ3) is 18.5. The van der Waals surface area contributed by atoms with Crippen LogP contribution in [0.5, 0.6) is 0 Å². The molecule has 0 aliphatic rings. The first kappa shape index (κ1) is 29.0. The second kappa shape index (κ2) is 19.4. The predicted molar refractivity (Wildman–Crippen MR) is 145 cm³/mol. The molecule has 1 aromatic carbocycles. The Morgan fingerprint density at radius 3 is 1.38 bits per heavy atom. The number of hydrogen-bond acceptors (Lipinski definition) is 0. The zero-order chi connectivity index (χ0) is 23.3. The molecule has 0 aromatic heterocycles. The normalized spacial score (nSPS) is 12.1. The van der Waals surface area contributed by atoms with Gasteiger partial charge < -0.3 is 4.48 Å². The van der Waals surface area contributed by atoms with E-state index in [1.165, 1.54) is 120 Å². The number of aryl methyl sites for hydroxylation is 1. The van der Waals surface area contributed by atoms with Crippen molar-refractivity contribution < 1.29 is 4.48 Å². The number of benzene rings is 1. The first-order valence-electron chi connectivity index (χ1n) is 14.0. The minimum absolute atomic E-state index is 0.995. The molecule has 0 atom stereocenters. The van der Waals surface area contributed by atoms with E-state index in [-0.39, 0.29) is 0 Å². The summed E-state index contributed by atoms with van der Waals surface area (Å²) in [7, 11) is 6.70. The predicted octanol–water partition coefficient (Wildman–Crippen LogP) is 9.30. The lowest BCUT2D eigenvalue weighted by molar-refractivity contribution is -0.864. The van der Waals surface area contributed by atoms with Gasteiger partial charge in [0.25, 0.3) is 0 Å². The van der Waals surface area contributed by atoms with Gasteiger partial charge in [0.1, 0.15) is 0 Å². The zero-order valence-corrected chi connectivity index (χ0v) is 22.3. The average Bonchev–Trinajstić information content (AvgIpc) is 2.76. The Morgan fingerprint density at radius 2 is 0.938 bits per heavy atom. The van der Waals surface area contributed by atoms with Crippen molar-refractivity contribution in [1.29, 1.82) is 0 Å². The quantitative estimate of drug-likeness (QED) is 0.101. The lowest BCUT2D eigenvalue weighted by Crippen LogP contribution is -2.34. The molecule has 0 saturated carbocycles. The number of nitrogens with zero attached hydrogens (tertiary/aromatic N) is 1. The van der Waals surface area contributed by atoms with Crippen LogP contribution in [0.4, 0.5) is 0 Å². The molecular weight excluding hydrogens is 386 g/mol. The summed E-state index contributed by atoms with van der Waals surface area (Å²) < 4.78 is 0.995. The van der Waals surface area contributed by atoms with Crippen LogP contribution in [-0.4, -0.2) is 32.2 Å². The van der Waals surface area contributed by atoms with Gasteiger partial charge in [-0.05, 0) is 36.5 Å². The monoisotopic (exact) mass is 442 g/mol. The largest absolute Gasteiger partial charge is 0.328 e. The molecule has 1 aromatic rings. The molecule has 0 N–H and O–H groups in total. The highest BCUT2D eigenvalue weighted by Gasteiger charge is 2.01. The van der Waals surface area contributed by atoms with E-state index in [1.54, 1.807) is 0 Å². The number of likely N-dealkylation sites (N-methyl/N-ethyl adjacent to an activating group) is 1. The van der Waals surface area contributed by atoms with E-state index >= 15 is 0 Å². The lowest BCUT2D eigenvalue weighted by atomic mass is 10.0. The van der Waals surface area contributed by atoms with E-state index in [0.29, 0.717) is 0 Å². The highest BCUT2D eigenvalue weighted by Crippen LogP contribution is 2.15. The van der Waals surface area contributed by atoms with Gasteiger partial charge in [-0.25, -0.2) is 0 Å². The first-order chi connectivity index (χ1) is 15.5. The van der Waals surface area contributed by atoms with Gasteiger partial charge in [-0.15, -0.1) is 0 Å². The third-order valence-electron chi connectivity index (χ3n) is 6.52. The Kier molecular flexibility index (Phi) is 17.5. The fourth-order valence-corrected chi connectivity index (χ4v) is 4.33. The summed E-state index contributed by atoms with van der Waals surface area (Å²) in [5.74, 6) is 0. The maximum absolute atomic E-state index is 2.34. The highest BCUT2D eigenvalue weighted by atomic mass is 15.3. The van der Waals surface area contributed by atoms with E-state index in [2.05, 4.69) is 64.5 Å². The fourth-order valence-electron chi connectivity index (χ4n) is 4.33. The van der Waals surface area contributed by atoms with Gasteiger partial charge in [-0.1, -0.05) is 134 Å². The van der Waals surface area contributed by atoms with Crippen molar-refractivity contribution in [1.82, 2.24) is 0 Å². The van der Waals surface area contributed by atoms with Gasteiger partial charge in [0.05, 0.1) is 27.7 Å². The van der Waals surface area contributed by atoms with Gasteiger partial charge in [-0.2, -0.15) is 0 Å². The van der Waals surface area contributed by atoms with E-state index in [4.69, 9.17) is 0 Å². The Balaban J connectivity index is 1.90. The topological polar surface area (TPSA) is 0 Å². The van der Waals surface area contributed by atoms with Crippen molar-refractivity contribution >= 4 is 0 Å². The van der Waals surface area contributed by atoms with E-state index in [9.17, 15) is 0 Å². The summed E-state index contributed by atoms with van der Waals surface area (Å²) in [6.07, 6.45) is 30.0. The molecule has 0 aliphatic heterocycles. The van der Waals surface area contributed by atoms with Gasteiger partial charge in [-0.3, -0.25) is 0 Å². The van der Waals surface area contributed by atoms with Crippen LogP contribution in [0.25, 0.3) is 0 Å². The van der Waals surface area contributed by atoms with Crippen LogP contribution < -0.4 is 0 Å². The van der Waals surface area contributed by atoms with Crippen LogP contribution >= 0.6 is 0 Å². The zero-order valence-electron chi connectivity index (χ0n) is 22.3. The number of hydrogen-bond donors (Lipinski definition) is 0. The second-order valence-corrected chi connectivity index (χ2v) is 11.0. The minimum atomic E-state index is 0.995. The molecule has 0 amide bonds. The smallest absolute Gasteiger partial charge is 0.0967 e. The Bertz CT molecular complexity index is 549. The molecule has 0 fully saturated rings. The van der Waals surface area contributed by atoms with Gasteiger partial charge >= 0.3 is 0 Å². The van der Waals surface area contributed by atoms with Crippen molar-refractivity contribution in [3.63, 3.8) is 0 Å². The Morgan fingerprint density at radius 1 is 0.531 bits per heavy atom. The van der Waals surface area contributed by atoms with Crippen molar-refractivity contribution in [2.75, 3.05) is 27.7 Å². The van der Waals surface area contributed by atoms with Gasteiger partial charge in [0.15, 0.2) is 0 Å². The molecule has 1 rings (SSSR count). The van der Waals surface area contributed by atoms with Crippen LogP contribution in [0.1, 0.15) is 121 Å². The number of quaternary nitrogens is 1. The van der Waals surface area contributed by atoms with Crippen LogP contribution in [0.15, 0.2) is 36.4 Å². The van der Waals surface area contributed by atoms with E-state index in [0.717, 1.165) is 17.4 Å². The van der Waals surface area contributed by atoms with Gasteiger partial charge in [0, 0.05) is 0 Å². The lowest BCUT2D eigenvalue weighted by Gasteiger charge is -2.21. The fraction of sp³-hybridized carbons (Fsp3) is 0.742. The Hall–Kier alpha value is -1.08. The summed E-state index contributed by atoms with van der Waals surface area (Å²) in [6, 6.07) is 9.32. The molecule has 0 aliphatic carbocycles. The molecule has 1 heteroatoms. The summed E-state index contributed by atoms with van der Waals surface area (Å²) in [5.41, 5.74) is 2.94. The molecule has 0 radical (unpaired) electrons. The maximum Gasteiger partial charge on any atom is 0.0967 e. The molecule has 1 nitrogen and oxygen atoms in total. The summed E-state index contributed by atoms with van der Waals surface area (Å²) in [6.45, 7) is 3.39. The SMILES string of the molecule is CCCCCCCCCCCCCCCCCCc1ccc(CC=CC[N+](C)(C)C)cc1. The molecule has 0 saturated heterocycles. The number of unbranched alkanes of at least 4 members (excludes halogenated alkanes) is 15. The summed E-state index contributed by atoms with van der Waals surface area (Å²) in [4.78, 5) is 0. The van der Waals surface area contributed by atoms with Gasteiger partial charge in [0.2, 0.25) is 0 Å². The van der Waals surface area contributed by atoms with E-state index in [1.807, 2.05) is 0 Å². The molecule has 0 heterocycles. The molecule has 0 unspecified atom stereocenters. The maximum atomic E-state index is 2.34. The second-order valence-electron chi connectivity index (χ2n) is 11.0. The molecule has 0 spiro atoms. The number of allylic oxidation sites excluding steroid dienone is 1. The van der Waals surface area contributed by atoms with Crippen LogP contribution in [0.3, 0.4) is 0 Å². The van der Waals surface area contributed by atoms with Crippen molar-refractivity contribution in [2.24, 2.45) is 0 Å². The van der Waals surface area contributed by atoms with E-state index < -0.39 is 0 Å². The molecule has 184 valence electrons. The van der Waals surface area contributed by atoms with Crippen molar-refractivity contribution in [2.45, 2.75) is 122 Å². The average molecular weight is 443 g/mol. The molecule has 0 bridgehead atoms. The first-order valence-corrected chi connectivity index (χ1v) is 14.0. The standard InChI is InChI=1S/C31H56N/c1-5-6-7-8-9-10-11-12-13-14-15-16-17-18-19-20-23-30-25-27-31(28-26-30)24-21-22-29-32(2,3)4/h21-22,25-28H,5-20,23-24,29H2,1-4H3/q+1. The van der Waals surface area contributed by atoms with Crippen LogP contribution in [-0.2, 0) is 12.8 Å². The highest BCUT2D eigenvalue weighted by molar-refractivity contribution is 5.24. The van der Waals surface area contributed by atoms with Crippen LogP contribution in [0, 0.1) is 0 Å². The minimum Gasteiger partial charge on any atom is -0.328 e.